The van der Waals surface area contributed by atoms with Crippen molar-refractivity contribution in [2.45, 2.75) is 70.3 Å². The molecular weight excluding hydrogens is 236 g/mol. The lowest BCUT2D eigenvalue weighted by atomic mass is 9.88. The van der Waals surface area contributed by atoms with Crippen LogP contribution in [0.5, 0.6) is 0 Å². The third kappa shape index (κ3) is 4.20. The number of carbonyl (C=O) groups excluding carboxylic acids is 1. The second-order valence-electron chi connectivity index (χ2n) is 6.63. The van der Waals surface area contributed by atoms with E-state index >= 15 is 0 Å². The van der Waals surface area contributed by atoms with Crippen molar-refractivity contribution in [1.82, 2.24) is 4.90 Å². The van der Waals surface area contributed by atoms with Crippen molar-refractivity contribution in [3.05, 3.63) is 0 Å². The lowest BCUT2D eigenvalue weighted by Gasteiger charge is -2.31. The Morgan fingerprint density at radius 3 is 2.26 bits per heavy atom. The third-order valence-electron chi connectivity index (χ3n) is 5.02. The van der Waals surface area contributed by atoms with E-state index in [0.717, 1.165) is 25.3 Å². The zero-order valence-corrected chi connectivity index (χ0v) is 12.4. The number of hydrogen-bond donors (Lipinski definition) is 1. The molecule has 2 N–H and O–H groups in total. The van der Waals surface area contributed by atoms with Gasteiger partial charge in [0.25, 0.3) is 0 Å². The van der Waals surface area contributed by atoms with Crippen molar-refractivity contribution in [2.75, 3.05) is 13.6 Å². The minimum absolute atomic E-state index is 0.0797. The highest BCUT2D eigenvalue weighted by molar-refractivity contribution is 5.79. The molecule has 2 aliphatic carbocycles. The van der Waals surface area contributed by atoms with Crippen LogP contribution in [0, 0.1) is 11.8 Å². The molecule has 0 heterocycles. The van der Waals surface area contributed by atoms with Crippen LogP contribution < -0.4 is 5.73 Å². The van der Waals surface area contributed by atoms with Gasteiger partial charge in [0.15, 0.2) is 0 Å². The highest BCUT2D eigenvalue weighted by Crippen LogP contribution is 2.27. The van der Waals surface area contributed by atoms with Crippen LogP contribution in [-0.4, -0.2) is 30.4 Å². The maximum atomic E-state index is 12.6. The van der Waals surface area contributed by atoms with E-state index in [1.807, 2.05) is 11.9 Å². The fourth-order valence-electron chi connectivity index (χ4n) is 3.77. The van der Waals surface area contributed by atoms with Gasteiger partial charge in [0.1, 0.15) is 0 Å². The first-order valence-corrected chi connectivity index (χ1v) is 8.19. The zero-order valence-electron chi connectivity index (χ0n) is 12.4. The van der Waals surface area contributed by atoms with E-state index in [4.69, 9.17) is 5.73 Å². The molecule has 0 bridgehead atoms. The molecule has 110 valence electrons. The highest BCUT2D eigenvalue weighted by Gasteiger charge is 2.30. The van der Waals surface area contributed by atoms with Crippen LogP contribution in [0.15, 0.2) is 0 Å². The fraction of sp³-hybridized carbons (Fsp3) is 0.938. The number of nitrogens with two attached hydrogens (primary N) is 1. The Labute approximate surface area is 117 Å². The molecule has 2 saturated carbocycles. The van der Waals surface area contributed by atoms with Crippen LogP contribution in [-0.2, 0) is 4.79 Å². The van der Waals surface area contributed by atoms with Crippen molar-refractivity contribution in [1.29, 1.82) is 0 Å². The normalized spacial score (nSPS) is 29.8. The maximum Gasteiger partial charge on any atom is 0.226 e. The van der Waals surface area contributed by atoms with E-state index in [1.54, 1.807) is 0 Å². The first-order valence-electron chi connectivity index (χ1n) is 8.19. The Hall–Kier alpha value is -0.570. The van der Waals surface area contributed by atoms with E-state index in [9.17, 15) is 4.79 Å². The van der Waals surface area contributed by atoms with Crippen molar-refractivity contribution in [3.8, 4) is 0 Å². The summed E-state index contributed by atoms with van der Waals surface area (Å²) in [6, 6.07) is 0.0869. The number of amides is 1. The van der Waals surface area contributed by atoms with Crippen LogP contribution in [0.3, 0.4) is 0 Å². The van der Waals surface area contributed by atoms with Crippen molar-refractivity contribution < 1.29 is 4.79 Å². The molecule has 0 saturated heterocycles. The summed E-state index contributed by atoms with van der Waals surface area (Å²) in [5.41, 5.74) is 6.20. The Kier molecular flexibility index (Phi) is 5.68. The molecule has 2 aliphatic rings. The van der Waals surface area contributed by atoms with Gasteiger partial charge < -0.3 is 10.6 Å². The van der Waals surface area contributed by atoms with Gasteiger partial charge in [-0.05, 0) is 31.6 Å². The molecule has 1 amide bonds. The van der Waals surface area contributed by atoms with Crippen LogP contribution in [0.1, 0.15) is 64.2 Å². The third-order valence-corrected chi connectivity index (χ3v) is 5.02. The summed E-state index contributed by atoms with van der Waals surface area (Å²) in [6.07, 6.45) is 12.3. The molecule has 0 spiro atoms. The Bertz CT molecular complexity index is 286. The summed E-state index contributed by atoms with van der Waals surface area (Å²) in [7, 11) is 1.98. The predicted molar refractivity (Wildman–Crippen MR) is 78.8 cm³/mol. The first-order chi connectivity index (χ1) is 9.18. The molecule has 2 fully saturated rings. The van der Waals surface area contributed by atoms with Gasteiger partial charge in [-0.2, -0.15) is 0 Å². The monoisotopic (exact) mass is 266 g/mol. The quantitative estimate of drug-likeness (QED) is 0.798. The van der Waals surface area contributed by atoms with Crippen molar-refractivity contribution >= 4 is 5.91 Å². The summed E-state index contributed by atoms with van der Waals surface area (Å²) in [6.45, 7) is 0.946. The van der Waals surface area contributed by atoms with Crippen LogP contribution in [0.4, 0.5) is 0 Å². The summed E-state index contributed by atoms with van der Waals surface area (Å²) in [5, 5.41) is 0. The Morgan fingerprint density at radius 1 is 1.00 bits per heavy atom. The van der Waals surface area contributed by atoms with Crippen LogP contribution >= 0.6 is 0 Å². The fourth-order valence-corrected chi connectivity index (χ4v) is 3.77. The smallest absolute Gasteiger partial charge is 0.226 e. The minimum atomic E-state index is 0.0797. The summed E-state index contributed by atoms with van der Waals surface area (Å²) in [4.78, 5) is 14.6. The molecule has 2 atom stereocenters. The van der Waals surface area contributed by atoms with E-state index in [1.165, 1.54) is 51.4 Å². The first kappa shape index (κ1) is 14.8. The Balaban J connectivity index is 1.85. The molecule has 0 radical (unpaired) electrons. The predicted octanol–water partition coefficient (Wildman–Crippen LogP) is 2.93. The number of carbonyl (C=O) groups is 1. The molecule has 3 nitrogen and oxygen atoms in total. The van der Waals surface area contributed by atoms with Crippen LogP contribution in [0.2, 0.25) is 0 Å². The van der Waals surface area contributed by atoms with Crippen molar-refractivity contribution in [2.24, 2.45) is 17.6 Å². The molecular formula is C16H30N2O. The second kappa shape index (κ2) is 7.28. The van der Waals surface area contributed by atoms with E-state index < -0.39 is 0 Å². The highest BCUT2D eigenvalue weighted by atomic mass is 16.2. The van der Waals surface area contributed by atoms with Gasteiger partial charge in [-0.1, -0.05) is 38.5 Å². The number of hydrogen-bond acceptors (Lipinski definition) is 2. The molecule has 0 aliphatic heterocycles. The average molecular weight is 266 g/mol. The minimum Gasteiger partial charge on any atom is -0.345 e. The largest absolute Gasteiger partial charge is 0.345 e. The van der Waals surface area contributed by atoms with Crippen LogP contribution in [0.25, 0.3) is 0 Å². The maximum absolute atomic E-state index is 12.6. The van der Waals surface area contributed by atoms with Crippen molar-refractivity contribution in [3.63, 3.8) is 0 Å². The number of rotatable bonds is 3. The van der Waals surface area contributed by atoms with E-state index in [0.29, 0.717) is 5.91 Å². The van der Waals surface area contributed by atoms with Gasteiger partial charge in [0.2, 0.25) is 5.91 Å². The molecule has 0 aromatic heterocycles. The summed E-state index contributed by atoms with van der Waals surface area (Å²) in [5.74, 6) is 1.11. The number of nitrogens with zero attached hydrogens (tertiary/aromatic N) is 1. The standard InChI is InChI=1S/C16H30N2O/c1-18(12-13-8-4-2-5-9-13)16(19)14-10-6-3-7-11-15(14)17/h13-15H,2-12,17H2,1H3. The lowest BCUT2D eigenvalue weighted by molar-refractivity contribution is -0.135. The second-order valence-corrected chi connectivity index (χ2v) is 6.63. The molecule has 0 aromatic carbocycles. The summed E-state index contributed by atoms with van der Waals surface area (Å²) < 4.78 is 0. The van der Waals surface area contributed by atoms with Gasteiger partial charge >= 0.3 is 0 Å². The SMILES string of the molecule is CN(CC1CCCCC1)C(=O)C1CCCCCC1N. The molecule has 0 aromatic rings. The van der Waals surface area contributed by atoms with Gasteiger partial charge in [0, 0.05) is 19.6 Å². The summed E-state index contributed by atoms with van der Waals surface area (Å²) >= 11 is 0. The van der Waals surface area contributed by atoms with Gasteiger partial charge in [0.05, 0.1) is 5.92 Å². The lowest BCUT2D eigenvalue weighted by Crippen LogP contribution is -2.43. The molecule has 2 unspecified atom stereocenters. The average Bonchev–Trinajstić information content (AvgIpc) is 2.63. The molecule has 2 rings (SSSR count). The van der Waals surface area contributed by atoms with E-state index in [-0.39, 0.29) is 12.0 Å². The topological polar surface area (TPSA) is 46.3 Å². The van der Waals surface area contributed by atoms with E-state index in [2.05, 4.69) is 0 Å². The molecule has 3 heteroatoms. The van der Waals surface area contributed by atoms with Gasteiger partial charge in [-0.15, -0.1) is 0 Å². The zero-order chi connectivity index (χ0) is 13.7. The Morgan fingerprint density at radius 2 is 1.58 bits per heavy atom. The van der Waals surface area contributed by atoms with Gasteiger partial charge in [-0.25, -0.2) is 0 Å². The molecule has 19 heavy (non-hydrogen) atoms. The van der Waals surface area contributed by atoms with Gasteiger partial charge in [-0.3, -0.25) is 4.79 Å².